The zero-order valence-corrected chi connectivity index (χ0v) is 12.4. The van der Waals surface area contributed by atoms with Gasteiger partial charge in [0.2, 0.25) is 10.0 Å². The number of nitrogens with zero attached hydrogens (tertiary/aromatic N) is 3. The third kappa shape index (κ3) is 4.31. The number of anilines is 2. The lowest BCUT2D eigenvalue weighted by Gasteiger charge is -2.27. The number of rotatable bonds is 6. The number of ether oxygens (including phenoxy) is 1. The van der Waals surface area contributed by atoms with Gasteiger partial charge in [-0.3, -0.25) is 4.72 Å². The van der Waals surface area contributed by atoms with Gasteiger partial charge >= 0.3 is 0 Å². The lowest BCUT2D eigenvalue weighted by Crippen LogP contribution is -2.36. The van der Waals surface area contributed by atoms with Crippen LogP contribution >= 0.6 is 0 Å². The molecule has 2 heterocycles. The van der Waals surface area contributed by atoms with Gasteiger partial charge in [0.15, 0.2) is 11.6 Å². The highest BCUT2D eigenvalue weighted by Crippen LogP contribution is 2.14. The lowest BCUT2D eigenvalue weighted by molar-refractivity contribution is 0.122. The Balaban J connectivity index is 1.97. The van der Waals surface area contributed by atoms with E-state index in [1.807, 2.05) is 6.92 Å². The Morgan fingerprint density at radius 3 is 2.65 bits per heavy atom. The standard InChI is InChI=1S/C12H20N4O3S/c1-2-3-10-20(17,18)15-11-4-5-12(14-13-11)16-6-8-19-9-7-16/h4-5H,2-3,6-10H2,1H3,(H,13,15). The van der Waals surface area contributed by atoms with Crippen molar-refractivity contribution in [2.75, 3.05) is 41.7 Å². The minimum atomic E-state index is -3.32. The van der Waals surface area contributed by atoms with Crippen LogP contribution in [0, 0.1) is 0 Å². The van der Waals surface area contributed by atoms with Crippen LogP contribution in [0.3, 0.4) is 0 Å². The van der Waals surface area contributed by atoms with E-state index in [1.54, 1.807) is 12.1 Å². The smallest absolute Gasteiger partial charge is 0.233 e. The van der Waals surface area contributed by atoms with Crippen molar-refractivity contribution >= 4 is 21.7 Å². The van der Waals surface area contributed by atoms with Crippen molar-refractivity contribution in [2.24, 2.45) is 0 Å². The van der Waals surface area contributed by atoms with Crippen LogP contribution in [0.15, 0.2) is 12.1 Å². The maximum absolute atomic E-state index is 11.7. The summed E-state index contributed by atoms with van der Waals surface area (Å²) < 4.78 is 31.2. The van der Waals surface area contributed by atoms with Crippen LogP contribution in [0.5, 0.6) is 0 Å². The Morgan fingerprint density at radius 1 is 1.30 bits per heavy atom. The Bertz CT molecular complexity index is 512. The molecule has 1 aliphatic rings. The van der Waals surface area contributed by atoms with Gasteiger partial charge in [0, 0.05) is 13.1 Å². The third-order valence-electron chi connectivity index (χ3n) is 3.01. The molecule has 1 N–H and O–H groups in total. The molecule has 1 aliphatic heterocycles. The van der Waals surface area contributed by atoms with E-state index in [2.05, 4.69) is 19.8 Å². The first-order chi connectivity index (χ1) is 9.61. The summed E-state index contributed by atoms with van der Waals surface area (Å²) in [5, 5.41) is 7.98. The van der Waals surface area contributed by atoms with Gasteiger partial charge in [-0.05, 0) is 18.6 Å². The summed E-state index contributed by atoms with van der Waals surface area (Å²) in [7, 11) is -3.32. The first kappa shape index (κ1) is 15.0. The summed E-state index contributed by atoms with van der Waals surface area (Å²) in [6, 6.07) is 3.41. The molecule has 0 amide bonds. The summed E-state index contributed by atoms with van der Waals surface area (Å²) in [4.78, 5) is 2.06. The predicted octanol–water partition coefficient (Wildman–Crippen LogP) is 0.855. The molecule has 2 rings (SSSR count). The van der Waals surface area contributed by atoms with Gasteiger partial charge in [-0.15, -0.1) is 10.2 Å². The van der Waals surface area contributed by atoms with E-state index in [0.29, 0.717) is 19.6 Å². The summed E-state index contributed by atoms with van der Waals surface area (Å²) >= 11 is 0. The van der Waals surface area contributed by atoms with Gasteiger partial charge in [0.1, 0.15) is 0 Å². The highest BCUT2D eigenvalue weighted by atomic mass is 32.2. The quantitative estimate of drug-likeness (QED) is 0.838. The van der Waals surface area contributed by atoms with Gasteiger partial charge in [-0.1, -0.05) is 13.3 Å². The molecule has 0 aliphatic carbocycles. The van der Waals surface area contributed by atoms with Crippen LogP contribution < -0.4 is 9.62 Å². The number of aromatic nitrogens is 2. The SMILES string of the molecule is CCCCS(=O)(=O)Nc1ccc(N2CCOCC2)nn1. The minimum Gasteiger partial charge on any atom is -0.378 e. The van der Waals surface area contributed by atoms with E-state index in [9.17, 15) is 8.42 Å². The van der Waals surface area contributed by atoms with Crippen LogP contribution in [-0.4, -0.2) is 50.7 Å². The van der Waals surface area contributed by atoms with E-state index < -0.39 is 10.0 Å². The van der Waals surface area contributed by atoms with Crippen molar-refractivity contribution in [1.29, 1.82) is 0 Å². The number of hydrogen-bond acceptors (Lipinski definition) is 6. The summed E-state index contributed by atoms with van der Waals surface area (Å²) in [6.45, 7) is 4.85. The first-order valence-corrected chi connectivity index (χ1v) is 8.43. The molecule has 7 nitrogen and oxygen atoms in total. The van der Waals surface area contributed by atoms with Gasteiger partial charge in [0.25, 0.3) is 0 Å². The molecule has 0 atom stereocenters. The molecule has 0 spiro atoms. The molecule has 1 aromatic rings. The van der Waals surface area contributed by atoms with Crippen molar-refractivity contribution in [3.05, 3.63) is 12.1 Å². The highest BCUT2D eigenvalue weighted by Gasteiger charge is 2.14. The van der Waals surface area contributed by atoms with Crippen LogP contribution in [0.4, 0.5) is 11.6 Å². The van der Waals surface area contributed by atoms with Crippen LogP contribution in [0.1, 0.15) is 19.8 Å². The second-order valence-corrected chi connectivity index (χ2v) is 6.49. The van der Waals surface area contributed by atoms with Crippen molar-refractivity contribution in [3.63, 3.8) is 0 Å². The van der Waals surface area contributed by atoms with Gasteiger partial charge in [0.05, 0.1) is 19.0 Å². The number of hydrogen-bond donors (Lipinski definition) is 1. The molecule has 0 unspecified atom stereocenters. The topological polar surface area (TPSA) is 84.4 Å². The molecule has 0 saturated carbocycles. The normalized spacial score (nSPS) is 16.1. The van der Waals surface area contributed by atoms with Gasteiger partial charge in [-0.25, -0.2) is 8.42 Å². The van der Waals surface area contributed by atoms with Crippen molar-refractivity contribution in [2.45, 2.75) is 19.8 Å². The second kappa shape index (κ2) is 6.85. The Hall–Kier alpha value is -1.41. The average Bonchev–Trinajstić information content (AvgIpc) is 2.46. The fourth-order valence-corrected chi connectivity index (χ4v) is 3.08. The van der Waals surface area contributed by atoms with Crippen LogP contribution in [-0.2, 0) is 14.8 Å². The summed E-state index contributed by atoms with van der Waals surface area (Å²) in [5.74, 6) is 1.11. The maximum Gasteiger partial charge on any atom is 0.233 e. The van der Waals surface area contributed by atoms with Crippen LogP contribution in [0.2, 0.25) is 0 Å². The molecule has 1 fully saturated rings. The molecular formula is C12H20N4O3S. The van der Waals surface area contributed by atoms with E-state index in [4.69, 9.17) is 4.74 Å². The Labute approximate surface area is 119 Å². The molecule has 1 saturated heterocycles. The fourth-order valence-electron chi connectivity index (χ4n) is 1.89. The molecule has 8 heteroatoms. The van der Waals surface area contributed by atoms with Crippen molar-refractivity contribution in [1.82, 2.24) is 10.2 Å². The molecule has 112 valence electrons. The Kier molecular flexibility index (Phi) is 5.13. The predicted molar refractivity (Wildman–Crippen MR) is 77.4 cm³/mol. The minimum absolute atomic E-state index is 0.108. The molecule has 20 heavy (non-hydrogen) atoms. The fraction of sp³-hybridized carbons (Fsp3) is 0.667. The number of nitrogens with one attached hydrogen (secondary N) is 1. The summed E-state index contributed by atoms with van der Waals surface area (Å²) in [6.07, 6.45) is 1.47. The van der Waals surface area contributed by atoms with E-state index >= 15 is 0 Å². The average molecular weight is 300 g/mol. The number of sulfonamides is 1. The number of morpholine rings is 1. The molecule has 0 aromatic carbocycles. The third-order valence-corrected chi connectivity index (χ3v) is 4.36. The zero-order chi connectivity index (χ0) is 14.4. The maximum atomic E-state index is 11.7. The van der Waals surface area contributed by atoms with Crippen molar-refractivity contribution < 1.29 is 13.2 Å². The van der Waals surface area contributed by atoms with Gasteiger partial charge in [-0.2, -0.15) is 0 Å². The van der Waals surface area contributed by atoms with Gasteiger partial charge < -0.3 is 9.64 Å². The van der Waals surface area contributed by atoms with E-state index in [-0.39, 0.29) is 11.6 Å². The first-order valence-electron chi connectivity index (χ1n) is 6.77. The molecule has 0 bridgehead atoms. The largest absolute Gasteiger partial charge is 0.378 e. The lowest BCUT2D eigenvalue weighted by atomic mass is 10.4. The van der Waals surface area contributed by atoms with Crippen molar-refractivity contribution in [3.8, 4) is 0 Å². The van der Waals surface area contributed by atoms with E-state index in [1.165, 1.54) is 0 Å². The molecule has 0 radical (unpaired) electrons. The second-order valence-electron chi connectivity index (χ2n) is 4.65. The van der Waals surface area contributed by atoms with Crippen LogP contribution in [0.25, 0.3) is 0 Å². The number of unbranched alkanes of at least 4 members (excludes halogenated alkanes) is 1. The monoisotopic (exact) mass is 300 g/mol. The van der Waals surface area contributed by atoms with E-state index in [0.717, 1.165) is 25.3 Å². The molecule has 1 aromatic heterocycles. The molecular weight excluding hydrogens is 280 g/mol. The summed E-state index contributed by atoms with van der Waals surface area (Å²) in [5.41, 5.74) is 0. The highest BCUT2D eigenvalue weighted by molar-refractivity contribution is 7.92. The zero-order valence-electron chi connectivity index (χ0n) is 11.6. The Morgan fingerprint density at radius 2 is 2.05 bits per heavy atom.